The van der Waals surface area contributed by atoms with E-state index in [1.54, 1.807) is 31.4 Å². The van der Waals surface area contributed by atoms with Gasteiger partial charge in [-0.3, -0.25) is 9.59 Å². The normalized spacial score (nSPS) is 14.6. The number of benzene rings is 2. The molecule has 0 aromatic heterocycles. The zero-order chi connectivity index (χ0) is 20.3. The summed E-state index contributed by atoms with van der Waals surface area (Å²) in [5.41, 5.74) is 0.119. The molecule has 1 fully saturated rings. The Kier molecular flexibility index (Phi) is 5.87. The van der Waals surface area contributed by atoms with E-state index in [9.17, 15) is 22.8 Å². The Bertz CT molecular complexity index is 879. The quantitative estimate of drug-likeness (QED) is 0.809. The Hall–Kier alpha value is -3.03. The fraction of sp³-hybridized carbons (Fsp3) is 0.300. The molecule has 0 unspecified atom stereocenters. The fourth-order valence-corrected chi connectivity index (χ4v) is 3.12. The molecule has 0 bridgehead atoms. The van der Waals surface area contributed by atoms with Crippen molar-refractivity contribution >= 4 is 17.5 Å². The van der Waals surface area contributed by atoms with Crippen LogP contribution in [0.3, 0.4) is 0 Å². The van der Waals surface area contributed by atoms with E-state index in [2.05, 4.69) is 5.32 Å². The third-order valence-electron chi connectivity index (χ3n) is 4.78. The second-order valence-corrected chi connectivity index (χ2v) is 6.51. The Morgan fingerprint density at radius 1 is 1.00 bits per heavy atom. The number of nitrogens with zero attached hydrogens (tertiary/aromatic N) is 1. The fourth-order valence-electron chi connectivity index (χ4n) is 3.12. The van der Waals surface area contributed by atoms with Crippen LogP contribution in [-0.2, 0) is 4.79 Å². The molecule has 2 aromatic rings. The van der Waals surface area contributed by atoms with Gasteiger partial charge >= 0.3 is 0 Å². The Morgan fingerprint density at radius 3 is 2.25 bits per heavy atom. The lowest BCUT2D eigenvalue weighted by Crippen LogP contribution is -2.41. The summed E-state index contributed by atoms with van der Waals surface area (Å²) in [6, 6.07) is 8.56. The lowest BCUT2D eigenvalue weighted by Gasteiger charge is -2.31. The largest absolute Gasteiger partial charge is 0.497 e. The Labute approximate surface area is 160 Å². The molecule has 148 valence electrons. The van der Waals surface area contributed by atoms with Gasteiger partial charge in [-0.1, -0.05) is 0 Å². The zero-order valence-electron chi connectivity index (χ0n) is 15.2. The van der Waals surface area contributed by atoms with Gasteiger partial charge in [-0.2, -0.15) is 0 Å². The first-order valence-electron chi connectivity index (χ1n) is 8.78. The summed E-state index contributed by atoms with van der Waals surface area (Å²) < 4.78 is 45.3. The van der Waals surface area contributed by atoms with Crippen molar-refractivity contribution in [3.05, 3.63) is 59.4 Å². The molecular weight excluding hydrogens is 373 g/mol. The number of halogens is 3. The molecule has 3 rings (SSSR count). The summed E-state index contributed by atoms with van der Waals surface area (Å²) in [6.07, 6.45) is 0.776. The third-order valence-corrected chi connectivity index (χ3v) is 4.78. The summed E-state index contributed by atoms with van der Waals surface area (Å²) in [4.78, 5) is 26.1. The van der Waals surface area contributed by atoms with Crippen LogP contribution in [0.2, 0.25) is 0 Å². The van der Waals surface area contributed by atoms with Crippen LogP contribution in [0, 0.1) is 23.4 Å². The summed E-state index contributed by atoms with van der Waals surface area (Å²) in [6.45, 7) is 0.440. The van der Waals surface area contributed by atoms with Crippen molar-refractivity contribution in [2.75, 3.05) is 25.5 Å². The van der Waals surface area contributed by atoms with Crippen molar-refractivity contribution in [3.8, 4) is 5.75 Å². The first kappa shape index (κ1) is 19.7. The van der Waals surface area contributed by atoms with E-state index >= 15 is 0 Å². The Morgan fingerprint density at radius 2 is 1.64 bits per heavy atom. The van der Waals surface area contributed by atoms with E-state index in [0.29, 0.717) is 24.3 Å². The van der Waals surface area contributed by atoms with Crippen LogP contribution < -0.4 is 10.1 Å². The third kappa shape index (κ3) is 4.11. The number of anilines is 1. The standard InChI is InChI=1S/C20H19F3N2O3/c1-28-14-4-2-13(3-5-14)24-19(26)12-8-10-25(11-9-12)20(27)15-6-7-16(21)18(23)17(15)22/h2-7,12H,8-11H2,1H3,(H,24,26). The van der Waals surface area contributed by atoms with Crippen LogP contribution in [0.25, 0.3) is 0 Å². The van der Waals surface area contributed by atoms with Crippen LogP contribution >= 0.6 is 0 Å². The van der Waals surface area contributed by atoms with Gasteiger partial charge in [0.2, 0.25) is 5.91 Å². The smallest absolute Gasteiger partial charge is 0.256 e. The molecule has 1 saturated heterocycles. The van der Waals surface area contributed by atoms with Crippen LogP contribution in [0.1, 0.15) is 23.2 Å². The molecule has 0 spiro atoms. The predicted molar refractivity (Wildman–Crippen MR) is 96.6 cm³/mol. The highest BCUT2D eigenvalue weighted by atomic mass is 19.2. The van der Waals surface area contributed by atoms with E-state index in [4.69, 9.17) is 4.74 Å². The number of hydrogen-bond donors (Lipinski definition) is 1. The van der Waals surface area contributed by atoms with Crippen molar-refractivity contribution in [3.63, 3.8) is 0 Å². The van der Waals surface area contributed by atoms with Gasteiger partial charge in [-0.25, -0.2) is 13.2 Å². The molecule has 5 nitrogen and oxygen atoms in total. The van der Waals surface area contributed by atoms with Crippen LogP contribution in [0.4, 0.5) is 18.9 Å². The van der Waals surface area contributed by atoms with Crippen molar-refractivity contribution in [1.82, 2.24) is 4.90 Å². The number of ether oxygens (including phenoxy) is 1. The van der Waals surface area contributed by atoms with Crippen LogP contribution in [0.15, 0.2) is 36.4 Å². The number of carbonyl (C=O) groups is 2. The van der Waals surface area contributed by atoms with E-state index in [-0.39, 0.29) is 24.9 Å². The zero-order valence-corrected chi connectivity index (χ0v) is 15.2. The molecular formula is C20H19F3N2O3. The number of amides is 2. The number of nitrogens with one attached hydrogen (secondary N) is 1. The minimum absolute atomic E-state index is 0.170. The number of hydrogen-bond acceptors (Lipinski definition) is 3. The van der Waals surface area contributed by atoms with Gasteiger partial charge < -0.3 is 15.0 Å². The van der Waals surface area contributed by atoms with E-state index in [1.165, 1.54) is 4.90 Å². The summed E-state index contributed by atoms with van der Waals surface area (Å²) >= 11 is 0. The van der Waals surface area contributed by atoms with Gasteiger partial charge in [0.1, 0.15) is 5.75 Å². The second-order valence-electron chi connectivity index (χ2n) is 6.51. The number of likely N-dealkylation sites (tertiary alicyclic amines) is 1. The van der Waals surface area contributed by atoms with Crippen LogP contribution in [0.5, 0.6) is 5.75 Å². The van der Waals surface area contributed by atoms with Gasteiger partial charge in [0.15, 0.2) is 17.5 Å². The minimum atomic E-state index is -1.67. The number of piperidine rings is 1. The molecule has 1 aliphatic rings. The highest BCUT2D eigenvalue weighted by Gasteiger charge is 2.30. The van der Waals surface area contributed by atoms with Gasteiger partial charge in [-0.05, 0) is 49.2 Å². The highest BCUT2D eigenvalue weighted by molar-refractivity contribution is 5.95. The molecule has 0 aliphatic carbocycles. The number of methoxy groups -OCH3 is 1. The molecule has 0 radical (unpaired) electrons. The van der Waals surface area contributed by atoms with Gasteiger partial charge in [0.25, 0.3) is 5.91 Å². The van der Waals surface area contributed by atoms with E-state index in [0.717, 1.165) is 12.1 Å². The molecule has 0 atom stereocenters. The predicted octanol–water partition coefficient (Wildman–Crippen LogP) is 3.60. The average molecular weight is 392 g/mol. The van der Waals surface area contributed by atoms with E-state index < -0.39 is 28.9 Å². The highest BCUT2D eigenvalue weighted by Crippen LogP contribution is 2.23. The molecule has 1 N–H and O–H groups in total. The maximum atomic E-state index is 13.8. The summed E-state index contributed by atoms with van der Waals surface area (Å²) in [5.74, 6) is -5.02. The molecule has 28 heavy (non-hydrogen) atoms. The molecule has 1 aliphatic heterocycles. The van der Waals surface area contributed by atoms with Crippen molar-refractivity contribution in [2.45, 2.75) is 12.8 Å². The molecule has 2 aromatic carbocycles. The van der Waals surface area contributed by atoms with Gasteiger partial charge in [0.05, 0.1) is 12.7 Å². The lowest BCUT2D eigenvalue weighted by molar-refractivity contribution is -0.121. The number of carbonyl (C=O) groups excluding carboxylic acids is 2. The molecule has 8 heteroatoms. The van der Waals surface area contributed by atoms with Crippen molar-refractivity contribution in [2.24, 2.45) is 5.92 Å². The molecule has 1 heterocycles. The summed E-state index contributed by atoms with van der Waals surface area (Å²) in [7, 11) is 1.55. The average Bonchev–Trinajstić information content (AvgIpc) is 2.72. The molecule has 0 saturated carbocycles. The van der Waals surface area contributed by atoms with Crippen LogP contribution in [-0.4, -0.2) is 36.9 Å². The minimum Gasteiger partial charge on any atom is -0.497 e. The summed E-state index contributed by atoms with van der Waals surface area (Å²) in [5, 5.41) is 2.81. The number of rotatable bonds is 4. The lowest BCUT2D eigenvalue weighted by atomic mass is 9.95. The van der Waals surface area contributed by atoms with Crippen molar-refractivity contribution < 1.29 is 27.5 Å². The van der Waals surface area contributed by atoms with Crippen molar-refractivity contribution in [1.29, 1.82) is 0 Å². The Balaban J connectivity index is 1.58. The topological polar surface area (TPSA) is 58.6 Å². The SMILES string of the molecule is COc1ccc(NC(=O)C2CCN(C(=O)c3ccc(F)c(F)c3F)CC2)cc1. The van der Waals surface area contributed by atoms with Gasteiger partial charge in [-0.15, -0.1) is 0 Å². The van der Waals surface area contributed by atoms with Gasteiger partial charge in [0, 0.05) is 24.7 Å². The first-order valence-corrected chi connectivity index (χ1v) is 8.78. The second kappa shape index (κ2) is 8.33. The first-order chi connectivity index (χ1) is 13.4. The monoisotopic (exact) mass is 392 g/mol. The van der Waals surface area contributed by atoms with E-state index in [1.807, 2.05) is 0 Å². The molecule has 2 amide bonds. The maximum absolute atomic E-state index is 13.8. The maximum Gasteiger partial charge on any atom is 0.256 e.